The van der Waals surface area contributed by atoms with Gasteiger partial charge >= 0.3 is 6.18 Å². The molecule has 0 aromatic rings. The number of rotatable bonds is 0. The third-order valence-electron chi connectivity index (χ3n) is 3.51. The SMILES string of the molecule is CC12CCC1C(C(F)(F)F)C2. The van der Waals surface area contributed by atoms with Gasteiger partial charge < -0.3 is 0 Å². The maximum atomic E-state index is 12.1. The molecule has 2 rings (SSSR count). The molecular formula is C8H11F3. The molecule has 3 atom stereocenters. The first-order chi connectivity index (χ1) is 4.93. The molecule has 0 aromatic carbocycles. The van der Waals surface area contributed by atoms with Crippen molar-refractivity contribution in [3.05, 3.63) is 0 Å². The molecule has 11 heavy (non-hydrogen) atoms. The van der Waals surface area contributed by atoms with Gasteiger partial charge in [0.05, 0.1) is 5.92 Å². The first-order valence-corrected chi connectivity index (χ1v) is 4.00. The molecule has 2 saturated carbocycles. The summed E-state index contributed by atoms with van der Waals surface area (Å²) in [6.45, 7) is 1.98. The van der Waals surface area contributed by atoms with E-state index in [1.165, 1.54) is 0 Å². The van der Waals surface area contributed by atoms with Gasteiger partial charge in [-0.15, -0.1) is 0 Å². The van der Waals surface area contributed by atoms with Crippen LogP contribution in [0.1, 0.15) is 26.2 Å². The van der Waals surface area contributed by atoms with Crippen LogP contribution in [0.3, 0.4) is 0 Å². The zero-order valence-electron chi connectivity index (χ0n) is 6.41. The van der Waals surface area contributed by atoms with Gasteiger partial charge in [0, 0.05) is 0 Å². The zero-order chi connectivity index (χ0) is 8.28. The highest BCUT2D eigenvalue weighted by atomic mass is 19.4. The van der Waals surface area contributed by atoms with E-state index in [-0.39, 0.29) is 11.3 Å². The van der Waals surface area contributed by atoms with Gasteiger partial charge in [-0.1, -0.05) is 6.92 Å². The maximum absolute atomic E-state index is 12.1. The fraction of sp³-hybridized carbons (Fsp3) is 1.00. The topological polar surface area (TPSA) is 0 Å². The molecular weight excluding hydrogens is 153 g/mol. The van der Waals surface area contributed by atoms with E-state index in [1.807, 2.05) is 6.92 Å². The lowest BCUT2D eigenvalue weighted by Gasteiger charge is -2.62. The van der Waals surface area contributed by atoms with E-state index in [0.717, 1.165) is 12.8 Å². The third kappa shape index (κ3) is 0.828. The van der Waals surface area contributed by atoms with Crippen LogP contribution in [-0.2, 0) is 0 Å². The van der Waals surface area contributed by atoms with Gasteiger partial charge in [-0.2, -0.15) is 13.2 Å². The second-order valence-corrected chi connectivity index (χ2v) is 4.15. The standard InChI is InChI=1S/C8H11F3/c1-7-3-2-5(7)6(4-7)8(9,10)11/h5-6H,2-4H2,1H3. The molecule has 0 nitrogen and oxygen atoms in total. The summed E-state index contributed by atoms with van der Waals surface area (Å²) in [5.74, 6) is -1.01. The quantitative estimate of drug-likeness (QED) is 0.516. The largest absolute Gasteiger partial charge is 0.392 e. The van der Waals surface area contributed by atoms with Crippen LogP contribution in [0.15, 0.2) is 0 Å². The Morgan fingerprint density at radius 1 is 1.36 bits per heavy atom. The molecule has 2 aliphatic rings. The Balaban J connectivity index is 2.03. The summed E-state index contributed by atoms with van der Waals surface area (Å²) in [7, 11) is 0. The Morgan fingerprint density at radius 3 is 2.09 bits per heavy atom. The number of hydrogen-bond acceptors (Lipinski definition) is 0. The molecule has 64 valence electrons. The van der Waals surface area contributed by atoms with Crippen molar-refractivity contribution in [2.75, 3.05) is 0 Å². The van der Waals surface area contributed by atoms with Crippen LogP contribution in [-0.4, -0.2) is 6.18 Å². The van der Waals surface area contributed by atoms with Crippen molar-refractivity contribution in [3.63, 3.8) is 0 Å². The molecule has 0 radical (unpaired) electrons. The van der Waals surface area contributed by atoms with Crippen LogP contribution >= 0.6 is 0 Å². The van der Waals surface area contributed by atoms with Gasteiger partial charge in [0.25, 0.3) is 0 Å². The summed E-state index contributed by atoms with van der Waals surface area (Å²) in [5, 5.41) is 0. The molecule has 0 aliphatic heterocycles. The van der Waals surface area contributed by atoms with Crippen LogP contribution in [0.25, 0.3) is 0 Å². The third-order valence-corrected chi connectivity index (χ3v) is 3.51. The van der Waals surface area contributed by atoms with E-state index >= 15 is 0 Å². The Morgan fingerprint density at radius 2 is 2.00 bits per heavy atom. The smallest absolute Gasteiger partial charge is 0.171 e. The van der Waals surface area contributed by atoms with Gasteiger partial charge in [0.1, 0.15) is 0 Å². The molecule has 2 aliphatic carbocycles. The van der Waals surface area contributed by atoms with Crippen LogP contribution < -0.4 is 0 Å². The molecule has 0 saturated heterocycles. The normalized spacial score (nSPS) is 49.1. The lowest BCUT2D eigenvalue weighted by Crippen LogP contribution is -2.58. The highest BCUT2D eigenvalue weighted by molar-refractivity contribution is 5.07. The van der Waals surface area contributed by atoms with Gasteiger partial charge in [-0.05, 0) is 30.6 Å². The Bertz CT molecular complexity index is 184. The minimum absolute atomic E-state index is 0.0394. The summed E-state index contributed by atoms with van der Waals surface area (Å²) < 4.78 is 36.4. The average Bonchev–Trinajstić information content (AvgIpc) is 1.83. The van der Waals surface area contributed by atoms with Crippen molar-refractivity contribution in [2.45, 2.75) is 32.4 Å². The Hall–Kier alpha value is -0.210. The predicted molar refractivity (Wildman–Crippen MR) is 35.0 cm³/mol. The minimum atomic E-state index is -3.93. The minimum Gasteiger partial charge on any atom is -0.171 e. The summed E-state index contributed by atoms with van der Waals surface area (Å²) in [6.07, 6.45) is -1.75. The molecule has 0 bridgehead atoms. The zero-order valence-corrected chi connectivity index (χ0v) is 6.41. The molecule has 0 heterocycles. The molecule has 0 amide bonds. The van der Waals surface area contributed by atoms with Crippen molar-refractivity contribution in [3.8, 4) is 0 Å². The molecule has 0 spiro atoms. The van der Waals surface area contributed by atoms with Crippen molar-refractivity contribution in [2.24, 2.45) is 17.3 Å². The van der Waals surface area contributed by atoms with E-state index in [1.54, 1.807) is 0 Å². The second kappa shape index (κ2) is 1.75. The Kier molecular flexibility index (Phi) is 1.18. The van der Waals surface area contributed by atoms with Crippen molar-refractivity contribution >= 4 is 0 Å². The summed E-state index contributed by atoms with van der Waals surface area (Å²) in [4.78, 5) is 0. The highest BCUT2D eigenvalue weighted by Crippen LogP contribution is 2.67. The highest BCUT2D eigenvalue weighted by Gasteiger charge is 2.64. The van der Waals surface area contributed by atoms with E-state index < -0.39 is 12.1 Å². The molecule has 0 N–H and O–H groups in total. The maximum Gasteiger partial charge on any atom is 0.392 e. The van der Waals surface area contributed by atoms with Gasteiger partial charge in [0.2, 0.25) is 0 Å². The summed E-state index contributed by atoms with van der Waals surface area (Å²) >= 11 is 0. The van der Waals surface area contributed by atoms with E-state index in [0.29, 0.717) is 6.42 Å². The van der Waals surface area contributed by atoms with Crippen molar-refractivity contribution < 1.29 is 13.2 Å². The molecule has 2 fully saturated rings. The van der Waals surface area contributed by atoms with E-state index in [4.69, 9.17) is 0 Å². The van der Waals surface area contributed by atoms with Crippen molar-refractivity contribution in [1.82, 2.24) is 0 Å². The monoisotopic (exact) mass is 164 g/mol. The summed E-state index contributed by atoms with van der Waals surface area (Å²) in [5.41, 5.74) is 0.0696. The first-order valence-electron chi connectivity index (χ1n) is 4.00. The molecule has 0 aromatic heterocycles. The number of fused-ring (bicyclic) bond motifs is 1. The van der Waals surface area contributed by atoms with E-state index in [9.17, 15) is 13.2 Å². The van der Waals surface area contributed by atoms with Crippen molar-refractivity contribution in [1.29, 1.82) is 0 Å². The van der Waals surface area contributed by atoms with Gasteiger partial charge in [-0.25, -0.2) is 0 Å². The Labute approximate surface area is 63.8 Å². The van der Waals surface area contributed by atoms with Gasteiger partial charge in [-0.3, -0.25) is 0 Å². The van der Waals surface area contributed by atoms with E-state index in [2.05, 4.69) is 0 Å². The fourth-order valence-corrected chi connectivity index (χ4v) is 2.57. The first kappa shape index (κ1) is 7.44. The average molecular weight is 164 g/mol. The number of halogens is 3. The molecule has 3 heteroatoms. The number of hydrogen-bond donors (Lipinski definition) is 0. The second-order valence-electron chi connectivity index (χ2n) is 4.15. The summed E-state index contributed by atoms with van der Waals surface area (Å²) in [6, 6.07) is 0. The van der Waals surface area contributed by atoms with Crippen LogP contribution in [0.4, 0.5) is 13.2 Å². The van der Waals surface area contributed by atoms with Crippen LogP contribution in [0, 0.1) is 17.3 Å². The molecule has 3 unspecified atom stereocenters. The van der Waals surface area contributed by atoms with Crippen LogP contribution in [0.5, 0.6) is 0 Å². The van der Waals surface area contributed by atoms with Crippen LogP contribution in [0.2, 0.25) is 0 Å². The lowest BCUT2D eigenvalue weighted by atomic mass is 9.43. The van der Waals surface area contributed by atoms with Gasteiger partial charge in [0.15, 0.2) is 0 Å². The lowest BCUT2D eigenvalue weighted by molar-refractivity contribution is -0.277. The predicted octanol–water partition coefficient (Wildman–Crippen LogP) is 2.98. The fourth-order valence-electron chi connectivity index (χ4n) is 2.57. The number of alkyl halides is 3.